The van der Waals surface area contributed by atoms with Gasteiger partial charge in [0.25, 0.3) is 0 Å². The van der Waals surface area contributed by atoms with E-state index in [0.717, 1.165) is 42.1 Å². The van der Waals surface area contributed by atoms with Crippen LogP contribution in [0, 0.1) is 11.2 Å². The number of nitrogens with zero attached hydrogens (tertiary/aromatic N) is 1. The molecule has 0 aliphatic carbocycles. The molecule has 2 nitrogen and oxygen atoms in total. The molecule has 1 heterocycles. The number of aryl methyl sites for hydroxylation is 1. The second kappa shape index (κ2) is 7.30. The van der Waals surface area contributed by atoms with Crippen molar-refractivity contribution in [2.75, 3.05) is 18.6 Å². The third-order valence-corrected chi connectivity index (χ3v) is 4.61. The Morgan fingerprint density at radius 2 is 1.91 bits per heavy atom. The normalized spacial score (nSPS) is 12.6. The Bertz CT molecular complexity index is 718. The number of benzene rings is 2. The molecule has 22 heavy (non-hydrogen) atoms. The zero-order valence-electron chi connectivity index (χ0n) is 12.3. The van der Waals surface area contributed by atoms with Crippen molar-refractivity contribution >= 4 is 41.5 Å². The molecule has 2 aromatic carbocycles. The van der Waals surface area contributed by atoms with Crippen molar-refractivity contribution in [3.05, 3.63) is 53.6 Å². The molecule has 2 aromatic rings. The third-order valence-electron chi connectivity index (χ3n) is 3.77. The number of rotatable bonds is 2. The Kier molecular flexibility index (Phi) is 5.16. The molecule has 0 fully saturated rings. The lowest BCUT2D eigenvalue weighted by atomic mass is 10.1. The van der Waals surface area contributed by atoms with Crippen LogP contribution < -0.4 is 9.64 Å². The number of hydrogen-bond acceptors (Lipinski definition) is 3. The van der Waals surface area contributed by atoms with Crippen molar-refractivity contribution in [3.63, 3.8) is 0 Å². The lowest BCUT2D eigenvalue weighted by Gasteiger charge is -2.23. The van der Waals surface area contributed by atoms with Crippen LogP contribution in [-0.4, -0.2) is 13.7 Å². The maximum atomic E-state index is 5.77. The summed E-state index contributed by atoms with van der Waals surface area (Å²) in [4.78, 5) is 2.17. The van der Waals surface area contributed by atoms with E-state index < -0.39 is 0 Å². The van der Waals surface area contributed by atoms with Crippen molar-refractivity contribution < 1.29 is 4.74 Å². The smallest absolute Gasteiger partial charge is 0.124 e. The lowest BCUT2D eigenvalue weighted by Crippen LogP contribution is -2.12. The average molecular weight is 421 g/mol. The van der Waals surface area contributed by atoms with Gasteiger partial charge in [0, 0.05) is 51.3 Å². The number of halogens is 1. The fourth-order valence-corrected chi connectivity index (χ4v) is 3.02. The summed E-state index contributed by atoms with van der Waals surface area (Å²) in [5.41, 5.74) is 4.63. The summed E-state index contributed by atoms with van der Waals surface area (Å²) < 4.78 is 5.77. The predicted octanol–water partition coefficient (Wildman–Crippen LogP) is 5.17. The Morgan fingerprint density at radius 3 is 2.68 bits per heavy atom. The molecule has 0 unspecified atom stereocenters. The Morgan fingerprint density at radius 1 is 1.14 bits per heavy atom. The Balaban J connectivity index is 1.82. The molecular formula is C18H16INOS. The van der Waals surface area contributed by atoms with Crippen molar-refractivity contribution in [2.24, 2.45) is 0 Å². The van der Waals surface area contributed by atoms with Crippen LogP contribution in [0.3, 0.4) is 0 Å². The van der Waals surface area contributed by atoms with Crippen LogP contribution in [0.25, 0.3) is 0 Å². The van der Waals surface area contributed by atoms with Crippen LogP contribution in [-0.2, 0) is 6.42 Å². The molecule has 0 N–H and O–H groups in total. The number of hydrogen-bond donors (Lipinski definition) is 0. The number of fused-ring (bicyclic) bond motifs is 1. The van der Waals surface area contributed by atoms with Gasteiger partial charge in [-0.25, -0.2) is 0 Å². The standard InChI is InChI=1S/C18H16INOS/c1-20(16-7-4-14(5-8-16)10-12-22-19)17-9-6-15-3-2-11-21-18(15)13-17/h4-9,13H,2-3,11H2,1H3. The lowest BCUT2D eigenvalue weighted by molar-refractivity contribution is 0.288. The van der Waals surface area contributed by atoms with Gasteiger partial charge in [-0.15, -0.1) is 0 Å². The van der Waals surface area contributed by atoms with E-state index in [4.69, 9.17) is 4.74 Å². The predicted molar refractivity (Wildman–Crippen MR) is 103 cm³/mol. The monoisotopic (exact) mass is 421 g/mol. The van der Waals surface area contributed by atoms with Crippen LogP contribution in [0.15, 0.2) is 42.5 Å². The maximum Gasteiger partial charge on any atom is 0.124 e. The molecular weight excluding hydrogens is 405 g/mol. The second-order valence-corrected chi connectivity index (χ2v) is 6.83. The largest absolute Gasteiger partial charge is 0.493 e. The molecule has 0 saturated heterocycles. The summed E-state index contributed by atoms with van der Waals surface area (Å²) in [6.07, 6.45) is 2.22. The minimum Gasteiger partial charge on any atom is -0.493 e. The molecule has 1 aliphatic rings. The van der Waals surface area contributed by atoms with E-state index in [0.29, 0.717) is 0 Å². The second-order valence-electron chi connectivity index (χ2n) is 5.15. The van der Waals surface area contributed by atoms with E-state index in [1.807, 2.05) is 0 Å². The highest BCUT2D eigenvalue weighted by Gasteiger charge is 2.12. The number of ether oxygens (including phenoxy) is 1. The zero-order chi connectivity index (χ0) is 15.4. The summed E-state index contributed by atoms with van der Waals surface area (Å²) in [6.45, 7) is 0.822. The first-order chi connectivity index (χ1) is 10.8. The number of anilines is 2. The molecule has 3 rings (SSSR count). The van der Waals surface area contributed by atoms with Crippen LogP contribution in [0.5, 0.6) is 5.75 Å². The van der Waals surface area contributed by atoms with Crippen LogP contribution in [0.2, 0.25) is 0 Å². The summed E-state index contributed by atoms with van der Waals surface area (Å²) in [7, 11) is 3.58. The van der Waals surface area contributed by atoms with Crippen molar-refractivity contribution in [1.29, 1.82) is 0 Å². The van der Waals surface area contributed by atoms with Gasteiger partial charge >= 0.3 is 0 Å². The third kappa shape index (κ3) is 3.53. The van der Waals surface area contributed by atoms with Gasteiger partial charge < -0.3 is 9.64 Å². The highest BCUT2D eigenvalue weighted by molar-refractivity contribution is 14.2. The quantitative estimate of drug-likeness (QED) is 0.490. The van der Waals surface area contributed by atoms with Crippen molar-refractivity contribution in [1.82, 2.24) is 0 Å². The minimum atomic E-state index is 0.822. The molecule has 0 amide bonds. The molecule has 0 radical (unpaired) electrons. The van der Waals surface area contributed by atoms with Crippen LogP contribution in [0.4, 0.5) is 11.4 Å². The average Bonchev–Trinajstić information content (AvgIpc) is 2.59. The van der Waals surface area contributed by atoms with E-state index in [2.05, 4.69) is 86.8 Å². The first-order valence-corrected chi connectivity index (χ1v) is 10.5. The molecule has 0 spiro atoms. The topological polar surface area (TPSA) is 12.5 Å². The Labute approximate surface area is 147 Å². The van der Waals surface area contributed by atoms with Gasteiger partial charge in [-0.1, -0.05) is 12.0 Å². The fraction of sp³-hybridized carbons (Fsp3) is 0.222. The SMILES string of the molecule is CN(c1ccc(C#CSI)cc1)c1ccc2c(c1)OCCC2. The van der Waals surface area contributed by atoms with Crippen molar-refractivity contribution in [3.8, 4) is 16.9 Å². The Hall–Kier alpha value is -1.32. The van der Waals surface area contributed by atoms with Gasteiger partial charge in [-0.05, 0) is 62.9 Å². The van der Waals surface area contributed by atoms with Gasteiger partial charge in [0.05, 0.1) is 6.61 Å². The maximum absolute atomic E-state index is 5.77. The van der Waals surface area contributed by atoms with E-state index in [-0.39, 0.29) is 0 Å². The highest BCUT2D eigenvalue weighted by atomic mass is 127. The van der Waals surface area contributed by atoms with E-state index in [1.54, 1.807) is 0 Å². The summed E-state index contributed by atoms with van der Waals surface area (Å²) >= 11 is 2.18. The molecule has 0 atom stereocenters. The van der Waals surface area contributed by atoms with Gasteiger partial charge in [-0.2, -0.15) is 0 Å². The van der Waals surface area contributed by atoms with Gasteiger partial charge in [0.2, 0.25) is 0 Å². The van der Waals surface area contributed by atoms with E-state index >= 15 is 0 Å². The van der Waals surface area contributed by atoms with E-state index in [1.165, 1.54) is 14.5 Å². The first kappa shape index (κ1) is 15.6. The van der Waals surface area contributed by atoms with Gasteiger partial charge in [0.1, 0.15) is 5.75 Å². The molecule has 112 valence electrons. The fourth-order valence-electron chi connectivity index (χ4n) is 2.53. The summed E-state index contributed by atoms with van der Waals surface area (Å²) in [5.74, 6) is 4.13. The summed E-state index contributed by atoms with van der Waals surface area (Å²) in [5, 5.41) is 3.00. The van der Waals surface area contributed by atoms with E-state index in [9.17, 15) is 0 Å². The minimum absolute atomic E-state index is 0.822. The molecule has 0 aromatic heterocycles. The summed E-state index contributed by atoms with van der Waals surface area (Å²) in [6, 6.07) is 14.8. The van der Waals surface area contributed by atoms with Gasteiger partial charge in [0.15, 0.2) is 0 Å². The van der Waals surface area contributed by atoms with Crippen molar-refractivity contribution in [2.45, 2.75) is 12.8 Å². The highest BCUT2D eigenvalue weighted by Crippen LogP contribution is 2.32. The van der Waals surface area contributed by atoms with Gasteiger partial charge in [-0.3, -0.25) is 0 Å². The first-order valence-electron chi connectivity index (χ1n) is 7.16. The molecule has 0 bridgehead atoms. The molecule has 4 heteroatoms. The molecule has 0 saturated carbocycles. The zero-order valence-corrected chi connectivity index (χ0v) is 15.3. The van der Waals surface area contributed by atoms with Crippen LogP contribution >= 0.6 is 30.1 Å². The van der Waals surface area contributed by atoms with Crippen LogP contribution in [0.1, 0.15) is 17.5 Å². The molecule has 1 aliphatic heterocycles.